The van der Waals surface area contributed by atoms with Crippen LogP contribution in [0.1, 0.15) is 86.8 Å². The summed E-state index contributed by atoms with van der Waals surface area (Å²) in [6.45, 7) is 15.0. The number of hydrogen-bond acceptors (Lipinski definition) is 4. The molecule has 0 amide bonds. The van der Waals surface area contributed by atoms with Crippen molar-refractivity contribution in [1.82, 2.24) is 19.4 Å². The van der Waals surface area contributed by atoms with Gasteiger partial charge in [0.2, 0.25) is 0 Å². The normalized spacial score (nSPS) is 20.7. The molecule has 0 spiro atoms. The monoisotopic (exact) mass is 462 g/mol. The van der Waals surface area contributed by atoms with Gasteiger partial charge in [0.05, 0.1) is 22.7 Å². The maximum absolute atomic E-state index is 5.15. The minimum Gasteiger partial charge on any atom is -0.338 e. The van der Waals surface area contributed by atoms with Crippen molar-refractivity contribution in [1.29, 1.82) is 0 Å². The van der Waals surface area contributed by atoms with Crippen LogP contribution < -0.4 is 0 Å². The Labute approximate surface area is 203 Å². The number of hydrogen-bond donors (Lipinski definition) is 0. The molecule has 1 saturated heterocycles. The summed E-state index contributed by atoms with van der Waals surface area (Å²) in [6.07, 6.45) is 6.80. The molecule has 0 saturated carbocycles. The average Bonchev–Trinajstić information content (AvgIpc) is 3.40. The van der Waals surface area contributed by atoms with E-state index in [1.807, 2.05) is 17.7 Å². The summed E-state index contributed by atoms with van der Waals surface area (Å²) < 4.78 is 2.11. The van der Waals surface area contributed by atoms with Gasteiger partial charge in [-0.3, -0.25) is 4.90 Å². The third-order valence-electron chi connectivity index (χ3n) is 8.31. The fraction of sp³-hybridized carbons (Fsp3) is 0.571. The highest BCUT2D eigenvalue weighted by Gasteiger charge is 2.37. The number of aryl methyl sites for hydroxylation is 1. The summed E-state index contributed by atoms with van der Waals surface area (Å²) in [7, 11) is 2.07. The molecule has 0 radical (unpaired) electrons. The third kappa shape index (κ3) is 4.30. The second kappa shape index (κ2) is 8.35. The SMILES string of the molecule is Cc1c(CN2CCC(c3nc(-c4ccc5c(c4)C(C)(C)CCC5(C)C)cs3)CC2)ncn1C. The zero-order valence-corrected chi connectivity index (χ0v) is 21.9. The van der Waals surface area contributed by atoms with E-state index < -0.39 is 0 Å². The van der Waals surface area contributed by atoms with E-state index in [1.54, 1.807) is 0 Å². The van der Waals surface area contributed by atoms with Crippen molar-refractivity contribution in [2.75, 3.05) is 13.1 Å². The number of piperidine rings is 1. The van der Waals surface area contributed by atoms with Gasteiger partial charge in [0.1, 0.15) is 0 Å². The first-order valence-electron chi connectivity index (χ1n) is 12.4. The lowest BCUT2D eigenvalue weighted by Gasteiger charge is -2.42. The predicted octanol–water partition coefficient (Wildman–Crippen LogP) is 6.58. The predicted molar refractivity (Wildman–Crippen MR) is 138 cm³/mol. The summed E-state index contributed by atoms with van der Waals surface area (Å²) in [5.74, 6) is 0.581. The van der Waals surface area contributed by atoms with Gasteiger partial charge >= 0.3 is 0 Å². The lowest BCUT2D eigenvalue weighted by molar-refractivity contribution is 0.202. The van der Waals surface area contributed by atoms with Crippen LogP contribution in [0.3, 0.4) is 0 Å². The molecule has 0 bridgehead atoms. The highest BCUT2D eigenvalue weighted by molar-refractivity contribution is 7.10. The topological polar surface area (TPSA) is 34.0 Å². The molecule has 1 aliphatic heterocycles. The third-order valence-corrected chi connectivity index (χ3v) is 9.32. The van der Waals surface area contributed by atoms with E-state index in [4.69, 9.17) is 4.98 Å². The van der Waals surface area contributed by atoms with Gasteiger partial charge in [0.25, 0.3) is 0 Å². The minimum atomic E-state index is 0.235. The maximum Gasteiger partial charge on any atom is 0.0964 e. The van der Waals surface area contributed by atoms with E-state index in [2.05, 4.69) is 79.7 Å². The summed E-state index contributed by atoms with van der Waals surface area (Å²) in [5.41, 5.74) is 8.46. The van der Waals surface area contributed by atoms with E-state index in [1.165, 1.54) is 58.8 Å². The Balaban J connectivity index is 1.29. The van der Waals surface area contributed by atoms with Gasteiger partial charge in [-0.1, -0.05) is 39.8 Å². The first kappa shape index (κ1) is 22.8. The van der Waals surface area contributed by atoms with E-state index in [9.17, 15) is 0 Å². The van der Waals surface area contributed by atoms with Crippen molar-refractivity contribution in [2.24, 2.45) is 7.05 Å². The zero-order valence-electron chi connectivity index (χ0n) is 21.1. The Morgan fingerprint density at radius 2 is 1.73 bits per heavy atom. The Morgan fingerprint density at radius 1 is 1.03 bits per heavy atom. The van der Waals surface area contributed by atoms with Crippen LogP contribution in [0.25, 0.3) is 11.3 Å². The van der Waals surface area contributed by atoms with Crippen molar-refractivity contribution in [2.45, 2.75) is 83.6 Å². The van der Waals surface area contributed by atoms with Gasteiger partial charge < -0.3 is 4.57 Å². The standard InChI is InChI=1S/C28H38N4S/c1-19-24(29-18-31(19)6)16-32-13-9-20(10-14-32)26-30-25(17-33-26)21-7-8-22-23(15-21)28(4,5)12-11-27(22,2)3/h7-8,15,17-18,20H,9-14,16H2,1-6H3. The molecule has 0 N–H and O–H groups in total. The highest BCUT2D eigenvalue weighted by Crippen LogP contribution is 2.47. The molecule has 2 aromatic heterocycles. The molecule has 3 aromatic rings. The summed E-state index contributed by atoms with van der Waals surface area (Å²) in [6, 6.07) is 7.12. The molecule has 2 aliphatic rings. The molecule has 1 fully saturated rings. The van der Waals surface area contributed by atoms with E-state index in [0.717, 1.165) is 25.3 Å². The van der Waals surface area contributed by atoms with Crippen LogP contribution in [0.15, 0.2) is 29.9 Å². The van der Waals surface area contributed by atoms with E-state index in [0.29, 0.717) is 5.92 Å². The Kier molecular flexibility index (Phi) is 5.77. The number of thiazole rings is 1. The first-order chi connectivity index (χ1) is 15.6. The lowest BCUT2D eigenvalue weighted by atomic mass is 9.63. The average molecular weight is 463 g/mol. The van der Waals surface area contributed by atoms with Crippen LogP contribution in [0.2, 0.25) is 0 Å². The molecular formula is C28H38N4S. The number of rotatable bonds is 4. The Morgan fingerprint density at radius 3 is 2.39 bits per heavy atom. The number of nitrogens with zero attached hydrogens (tertiary/aromatic N) is 4. The Bertz CT molecular complexity index is 1140. The number of aromatic nitrogens is 3. The lowest BCUT2D eigenvalue weighted by Crippen LogP contribution is -2.33. The van der Waals surface area contributed by atoms with Gasteiger partial charge in [-0.25, -0.2) is 9.97 Å². The number of benzene rings is 1. The molecule has 33 heavy (non-hydrogen) atoms. The van der Waals surface area contributed by atoms with Crippen molar-refractivity contribution >= 4 is 11.3 Å². The minimum absolute atomic E-state index is 0.235. The van der Waals surface area contributed by atoms with Crippen LogP contribution in [0.4, 0.5) is 0 Å². The fourth-order valence-electron chi connectivity index (χ4n) is 5.60. The Hall–Kier alpha value is -1.98. The van der Waals surface area contributed by atoms with Crippen LogP contribution in [0.5, 0.6) is 0 Å². The molecule has 5 heteroatoms. The van der Waals surface area contributed by atoms with Crippen LogP contribution >= 0.6 is 11.3 Å². The van der Waals surface area contributed by atoms with Gasteiger partial charge in [-0.05, 0) is 73.7 Å². The van der Waals surface area contributed by atoms with E-state index >= 15 is 0 Å². The maximum atomic E-state index is 5.15. The van der Waals surface area contributed by atoms with Gasteiger partial charge in [0.15, 0.2) is 0 Å². The molecule has 1 aromatic carbocycles. The largest absolute Gasteiger partial charge is 0.338 e. The molecule has 1 aliphatic carbocycles. The van der Waals surface area contributed by atoms with Crippen molar-refractivity contribution in [3.05, 3.63) is 57.4 Å². The van der Waals surface area contributed by atoms with Gasteiger partial charge in [0, 0.05) is 36.1 Å². The van der Waals surface area contributed by atoms with Gasteiger partial charge in [-0.15, -0.1) is 11.3 Å². The number of imidazole rings is 1. The van der Waals surface area contributed by atoms with E-state index in [-0.39, 0.29) is 10.8 Å². The van der Waals surface area contributed by atoms with Crippen molar-refractivity contribution in [3.8, 4) is 11.3 Å². The molecular weight excluding hydrogens is 424 g/mol. The summed E-state index contributed by atoms with van der Waals surface area (Å²) in [4.78, 5) is 12.3. The van der Waals surface area contributed by atoms with Crippen LogP contribution in [-0.2, 0) is 24.4 Å². The second-order valence-electron chi connectivity index (χ2n) is 11.5. The number of fused-ring (bicyclic) bond motifs is 1. The smallest absolute Gasteiger partial charge is 0.0964 e. The van der Waals surface area contributed by atoms with Crippen LogP contribution in [0, 0.1) is 6.92 Å². The molecule has 0 unspecified atom stereocenters. The summed E-state index contributed by atoms with van der Waals surface area (Å²) in [5, 5.41) is 3.60. The second-order valence-corrected chi connectivity index (χ2v) is 12.4. The fourth-order valence-corrected chi connectivity index (χ4v) is 6.60. The van der Waals surface area contributed by atoms with Crippen molar-refractivity contribution in [3.63, 3.8) is 0 Å². The first-order valence-corrected chi connectivity index (χ1v) is 13.3. The number of likely N-dealkylation sites (tertiary alicyclic amines) is 1. The molecule has 3 heterocycles. The van der Waals surface area contributed by atoms with Gasteiger partial charge in [-0.2, -0.15) is 0 Å². The molecule has 176 valence electrons. The zero-order chi connectivity index (χ0) is 23.4. The van der Waals surface area contributed by atoms with Crippen molar-refractivity contribution < 1.29 is 0 Å². The molecule has 5 rings (SSSR count). The quantitative estimate of drug-likeness (QED) is 0.439. The molecule has 4 nitrogen and oxygen atoms in total. The van der Waals surface area contributed by atoms with Crippen LogP contribution in [-0.4, -0.2) is 32.5 Å². The highest BCUT2D eigenvalue weighted by atomic mass is 32.1. The molecule has 0 atom stereocenters. The summed E-state index contributed by atoms with van der Waals surface area (Å²) >= 11 is 1.85.